The summed E-state index contributed by atoms with van der Waals surface area (Å²) in [6.07, 6.45) is 0. The Morgan fingerprint density at radius 3 is 2.58 bits per heavy atom. The first-order valence-electron chi connectivity index (χ1n) is 7.81. The molecule has 4 rings (SSSR count). The van der Waals surface area contributed by atoms with Crippen molar-refractivity contribution in [3.63, 3.8) is 0 Å². The molecule has 8 heteroatoms. The van der Waals surface area contributed by atoms with Crippen molar-refractivity contribution in [1.82, 2.24) is 9.97 Å². The van der Waals surface area contributed by atoms with E-state index in [0.29, 0.717) is 29.0 Å². The van der Waals surface area contributed by atoms with Crippen LogP contribution in [0.5, 0.6) is 11.5 Å². The third kappa shape index (κ3) is 3.48. The molecular weight excluding hydrogens is 359 g/mol. The van der Waals surface area contributed by atoms with Crippen LogP contribution >= 0.6 is 11.6 Å². The number of ether oxygens (including phenoxy) is 2. The first-order chi connectivity index (χ1) is 12.6. The van der Waals surface area contributed by atoms with Gasteiger partial charge in [-0.15, -0.1) is 0 Å². The Kier molecular flexibility index (Phi) is 4.22. The minimum Gasteiger partial charge on any atom is -0.454 e. The smallest absolute Gasteiger partial charge is 0.231 e. The van der Waals surface area contributed by atoms with E-state index in [9.17, 15) is 4.39 Å². The number of nitrogens with one attached hydrogen (secondary N) is 2. The van der Waals surface area contributed by atoms with Gasteiger partial charge < -0.3 is 20.1 Å². The topological polar surface area (TPSA) is 68.3 Å². The lowest BCUT2D eigenvalue weighted by Crippen LogP contribution is -2.02. The minimum atomic E-state index is -0.479. The number of anilines is 4. The van der Waals surface area contributed by atoms with Crippen LogP contribution in [0.25, 0.3) is 0 Å². The van der Waals surface area contributed by atoms with Gasteiger partial charge >= 0.3 is 0 Å². The van der Waals surface area contributed by atoms with Crippen molar-refractivity contribution in [1.29, 1.82) is 0 Å². The molecule has 0 saturated heterocycles. The first-order valence-corrected chi connectivity index (χ1v) is 8.19. The van der Waals surface area contributed by atoms with Gasteiger partial charge in [0.15, 0.2) is 11.5 Å². The second-order valence-electron chi connectivity index (χ2n) is 5.67. The van der Waals surface area contributed by atoms with Gasteiger partial charge in [0.25, 0.3) is 0 Å². The molecule has 26 heavy (non-hydrogen) atoms. The van der Waals surface area contributed by atoms with E-state index in [2.05, 4.69) is 20.6 Å². The summed E-state index contributed by atoms with van der Waals surface area (Å²) in [5, 5.41) is 6.26. The number of benzene rings is 2. The van der Waals surface area contributed by atoms with Crippen molar-refractivity contribution in [2.24, 2.45) is 0 Å². The van der Waals surface area contributed by atoms with E-state index < -0.39 is 5.82 Å². The normalized spacial score (nSPS) is 12.1. The molecule has 2 heterocycles. The fraction of sp³-hybridized carbons (Fsp3) is 0.111. The second kappa shape index (κ2) is 6.68. The van der Waals surface area contributed by atoms with Crippen LogP contribution in [-0.4, -0.2) is 16.8 Å². The molecule has 0 atom stereocenters. The number of nitrogens with zero attached hydrogens (tertiary/aromatic N) is 2. The maximum atomic E-state index is 13.3. The Morgan fingerprint density at radius 1 is 0.962 bits per heavy atom. The Hall–Kier alpha value is -3.06. The third-order valence-electron chi connectivity index (χ3n) is 3.67. The second-order valence-corrected chi connectivity index (χ2v) is 6.07. The zero-order valence-electron chi connectivity index (χ0n) is 13.7. The van der Waals surface area contributed by atoms with Gasteiger partial charge in [-0.25, -0.2) is 9.37 Å². The van der Waals surface area contributed by atoms with E-state index in [4.69, 9.17) is 21.1 Å². The number of hydrogen-bond donors (Lipinski definition) is 2. The number of fused-ring (bicyclic) bond motifs is 1. The van der Waals surface area contributed by atoms with Crippen molar-refractivity contribution < 1.29 is 13.9 Å². The Bertz CT molecular complexity index is 983. The van der Waals surface area contributed by atoms with Crippen LogP contribution in [0.2, 0.25) is 5.02 Å². The molecule has 0 radical (unpaired) electrons. The molecule has 1 aliphatic rings. The maximum absolute atomic E-state index is 13.3. The highest BCUT2D eigenvalue weighted by Crippen LogP contribution is 2.35. The first kappa shape index (κ1) is 16.4. The van der Waals surface area contributed by atoms with Gasteiger partial charge in [0.05, 0.1) is 5.02 Å². The minimum absolute atomic E-state index is 0.0290. The lowest BCUT2D eigenvalue weighted by Gasteiger charge is -2.11. The standard InChI is InChI=1S/C18H14ClFN4O2/c1-10-6-17(22-12-3-5-15-16(8-12)26-9-25-15)24-18(21-10)23-11-2-4-14(20)13(19)7-11/h2-8H,9H2,1H3,(H2,21,22,23,24). The molecule has 0 bridgehead atoms. The molecule has 0 saturated carbocycles. The quantitative estimate of drug-likeness (QED) is 0.686. The summed E-state index contributed by atoms with van der Waals surface area (Å²) in [5.41, 5.74) is 2.16. The van der Waals surface area contributed by atoms with Crippen molar-refractivity contribution in [2.45, 2.75) is 6.92 Å². The average Bonchev–Trinajstić information content (AvgIpc) is 3.05. The number of aryl methyl sites for hydroxylation is 1. The van der Waals surface area contributed by atoms with E-state index in [1.807, 2.05) is 31.2 Å². The van der Waals surface area contributed by atoms with E-state index in [1.54, 1.807) is 6.07 Å². The molecule has 0 amide bonds. The molecule has 1 aliphatic heterocycles. The summed E-state index contributed by atoms with van der Waals surface area (Å²) < 4.78 is 24.0. The van der Waals surface area contributed by atoms with Crippen molar-refractivity contribution >= 4 is 34.7 Å². The monoisotopic (exact) mass is 372 g/mol. The highest BCUT2D eigenvalue weighted by molar-refractivity contribution is 6.31. The van der Waals surface area contributed by atoms with Gasteiger partial charge in [0, 0.05) is 29.2 Å². The fourth-order valence-electron chi connectivity index (χ4n) is 2.51. The molecule has 132 valence electrons. The largest absolute Gasteiger partial charge is 0.454 e. The Morgan fingerprint density at radius 2 is 1.73 bits per heavy atom. The number of halogens is 2. The van der Waals surface area contributed by atoms with E-state index in [-0.39, 0.29) is 11.8 Å². The van der Waals surface area contributed by atoms with Crippen LogP contribution in [-0.2, 0) is 0 Å². The third-order valence-corrected chi connectivity index (χ3v) is 3.96. The van der Waals surface area contributed by atoms with Crippen LogP contribution < -0.4 is 20.1 Å². The summed E-state index contributed by atoms with van der Waals surface area (Å²) in [6, 6.07) is 11.7. The Labute approximate surface area is 154 Å². The SMILES string of the molecule is Cc1cc(Nc2ccc3c(c2)OCO3)nc(Nc2ccc(F)c(Cl)c2)n1. The lowest BCUT2D eigenvalue weighted by atomic mass is 10.2. The van der Waals surface area contributed by atoms with Crippen molar-refractivity contribution in [3.05, 3.63) is 59.0 Å². The van der Waals surface area contributed by atoms with Crippen LogP contribution in [0.1, 0.15) is 5.69 Å². The zero-order chi connectivity index (χ0) is 18.1. The molecule has 0 spiro atoms. The Balaban J connectivity index is 1.56. The number of hydrogen-bond acceptors (Lipinski definition) is 6. The van der Waals surface area contributed by atoms with E-state index in [0.717, 1.165) is 11.4 Å². The van der Waals surface area contributed by atoms with Gasteiger partial charge in [-0.2, -0.15) is 4.98 Å². The lowest BCUT2D eigenvalue weighted by molar-refractivity contribution is 0.174. The summed E-state index contributed by atoms with van der Waals surface area (Å²) in [6.45, 7) is 2.08. The molecule has 1 aromatic heterocycles. The predicted molar refractivity (Wildman–Crippen MR) is 97.3 cm³/mol. The highest BCUT2D eigenvalue weighted by Gasteiger charge is 2.13. The molecule has 2 N–H and O–H groups in total. The summed E-state index contributed by atoms with van der Waals surface area (Å²) in [4.78, 5) is 8.76. The number of rotatable bonds is 4. The molecule has 0 aliphatic carbocycles. The summed E-state index contributed by atoms with van der Waals surface area (Å²) >= 11 is 5.81. The molecular formula is C18H14ClFN4O2. The van der Waals surface area contributed by atoms with E-state index >= 15 is 0 Å². The highest BCUT2D eigenvalue weighted by atomic mass is 35.5. The number of aromatic nitrogens is 2. The average molecular weight is 373 g/mol. The fourth-order valence-corrected chi connectivity index (χ4v) is 2.69. The van der Waals surface area contributed by atoms with Crippen molar-refractivity contribution in [2.75, 3.05) is 17.4 Å². The molecule has 0 fully saturated rings. The zero-order valence-corrected chi connectivity index (χ0v) is 14.5. The van der Waals surface area contributed by atoms with Crippen LogP contribution in [0.4, 0.5) is 27.5 Å². The molecule has 2 aromatic carbocycles. The van der Waals surface area contributed by atoms with Gasteiger partial charge in [0.1, 0.15) is 11.6 Å². The maximum Gasteiger partial charge on any atom is 0.231 e. The van der Waals surface area contributed by atoms with Gasteiger partial charge in [-0.1, -0.05) is 11.6 Å². The summed E-state index contributed by atoms with van der Waals surface area (Å²) in [5.74, 6) is 1.89. The van der Waals surface area contributed by atoms with Gasteiger partial charge in [0.2, 0.25) is 12.7 Å². The van der Waals surface area contributed by atoms with Gasteiger partial charge in [-0.3, -0.25) is 0 Å². The summed E-state index contributed by atoms with van der Waals surface area (Å²) in [7, 11) is 0. The molecule has 6 nitrogen and oxygen atoms in total. The molecule has 3 aromatic rings. The predicted octanol–water partition coefficient (Wildman–Crippen LogP) is 4.79. The van der Waals surface area contributed by atoms with Crippen LogP contribution in [0.15, 0.2) is 42.5 Å². The van der Waals surface area contributed by atoms with Crippen molar-refractivity contribution in [3.8, 4) is 11.5 Å². The van der Waals surface area contributed by atoms with Crippen LogP contribution in [0.3, 0.4) is 0 Å². The van der Waals surface area contributed by atoms with Gasteiger partial charge in [-0.05, 0) is 37.3 Å². The van der Waals surface area contributed by atoms with E-state index in [1.165, 1.54) is 12.1 Å². The molecule has 0 unspecified atom stereocenters. The van der Waals surface area contributed by atoms with Crippen LogP contribution in [0, 0.1) is 12.7 Å².